The smallest absolute Gasteiger partial charge is 0.477 e. The molecule has 0 bridgehead atoms. The fourth-order valence-corrected chi connectivity index (χ4v) is 5.56. The average molecular weight is 647 g/mol. The van der Waals surface area contributed by atoms with Gasteiger partial charge in [0.25, 0.3) is 0 Å². The summed E-state index contributed by atoms with van der Waals surface area (Å²) < 4.78 is 64.6. The summed E-state index contributed by atoms with van der Waals surface area (Å²) in [5, 5.41) is 9.31. The Morgan fingerprint density at radius 1 is 1.07 bits per heavy atom. The van der Waals surface area contributed by atoms with E-state index < -0.39 is 39.5 Å². The molecule has 45 heavy (non-hydrogen) atoms. The zero-order valence-electron chi connectivity index (χ0n) is 24.6. The van der Waals surface area contributed by atoms with Crippen LogP contribution in [0.4, 0.5) is 23.2 Å². The van der Waals surface area contributed by atoms with Crippen molar-refractivity contribution in [3.63, 3.8) is 0 Å². The molecule has 13 heteroatoms. The fraction of sp³-hybridized carbons (Fsp3) is 0.312. The number of aromatic carboxylic acids is 1. The first kappa shape index (κ1) is 32.1. The molecular formula is C32H31ClF4N4O4. The van der Waals surface area contributed by atoms with E-state index in [1.807, 2.05) is 24.9 Å². The quantitative estimate of drug-likeness (QED) is 0.217. The van der Waals surface area contributed by atoms with E-state index in [0.29, 0.717) is 31.7 Å². The molecule has 1 aliphatic heterocycles. The fourth-order valence-electron chi connectivity index (χ4n) is 5.48. The number of alkyl halides is 3. The molecular weight excluding hydrogens is 616 g/mol. The van der Waals surface area contributed by atoms with Gasteiger partial charge in [-0.3, -0.25) is 4.79 Å². The number of nitrogens with zero attached hydrogens (tertiary/aromatic N) is 4. The van der Waals surface area contributed by atoms with E-state index in [2.05, 4.69) is 4.90 Å². The number of pyridine rings is 1. The summed E-state index contributed by atoms with van der Waals surface area (Å²) in [4.78, 5) is 30.9. The van der Waals surface area contributed by atoms with Crippen LogP contribution in [0.3, 0.4) is 0 Å². The van der Waals surface area contributed by atoms with E-state index in [1.54, 1.807) is 30.3 Å². The molecule has 238 valence electrons. The van der Waals surface area contributed by atoms with Crippen molar-refractivity contribution in [2.45, 2.75) is 25.5 Å². The van der Waals surface area contributed by atoms with Crippen LogP contribution in [-0.2, 0) is 6.54 Å². The molecule has 0 spiro atoms. The van der Waals surface area contributed by atoms with Crippen LogP contribution >= 0.6 is 11.6 Å². The lowest BCUT2D eigenvalue weighted by Crippen LogP contribution is -2.46. The number of ether oxygens (including phenoxy) is 1. The van der Waals surface area contributed by atoms with E-state index in [9.17, 15) is 27.9 Å². The molecule has 8 nitrogen and oxygen atoms in total. The number of halogens is 5. The molecule has 1 saturated heterocycles. The van der Waals surface area contributed by atoms with Crippen molar-refractivity contribution in [3.8, 4) is 11.4 Å². The Labute approximate surface area is 261 Å². The molecule has 3 aromatic rings. The number of piperazine rings is 1. The maximum Gasteiger partial charge on any atom is 0.487 e. The van der Waals surface area contributed by atoms with Gasteiger partial charge in [0.15, 0.2) is 11.6 Å². The van der Waals surface area contributed by atoms with Crippen LogP contribution < -0.4 is 15.1 Å². The molecule has 1 N–H and O–H groups in total. The number of fused-ring (bicyclic) bond motifs is 1. The Hall–Kier alpha value is -4.29. The summed E-state index contributed by atoms with van der Waals surface area (Å²) in [6, 6.07) is 7.70. The van der Waals surface area contributed by atoms with Crippen molar-refractivity contribution in [2.24, 2.45) is 0 Å². The number of benzene rings is 2. The highest BCUT2D eigenvalue weighted by atomic mass is 35.5. The van der Waals surface area contributed by atoms with Crippen LogP contribution in [0.1, 0.15) is 29.3 Å². The maximum absolute atomic E-state index is 15.9. The van der Waals surface area contributed by atoms with Crippen LogP contribution in [0.25, 0.3) is 16.6 Å². The Balaban J connectivity index is 1.65. The summed E-state index contributed by atoms with van der Waals surface area (Å²) in [7, 11) is 1.94. The van der Waals surface area contributed by atoms with Gasteiger partial charge in [0.2, 0.25) is 5.43 Å². The summed E-state index contributed by atoms with van der Waals surface area (Å²) in [6.07, 6.45) is 7.68. The number of rotatable bonds is 9. The molecule has 1 aromatic heterocycles. The molecule has 1 aliphatic carbocycles. The van der Waals surface area contributed by atoms with Gasteiger partial charge < -0.3 is 29.1 Å². The van der Waals surface area contributed by atoms with Gasteiger partial charge in [-0.25, -0.2) is 13.6 Å². The van der Waals surface area contributed by atoms with Gasteiger partial charge in [-0.05, 0) is 62.0 Å². The van der Waals surface area contributed by atoms with Gasteiger partial charge in [0, 0.05) is 61.9 Å². The minimum absolute atomic E-state index is 0.158. The van der Waals surface area contributed by atoms with Crippen LogP contribution in [0, 0.1) is 5.82 Å². The number of carbonyl (C=O) groups is 1. The van der Waals surface area contributed by atoms with Crippen molar-refractivity contribution in [2.75, 3.05) is 44.7 Å². The van der Waals surface area contributed by atoms with Gasteiger partial charge in [-0.15, -0.1) is 8.78 Å². The highest BCUT2D eigenvalue weighted by Gasteiger charge is 2.35. The standard InChI is InChI=1S/C32H31ClF4N4O4/c1-3-38(2)18-20-7-10-23(11-8-20)41-19-25(31(43)44)29(42)24-17-26(35)28(30(27(24)41)45-32(33,36)37)40-15-13-39(14-16-40)22-6-4-5-21(34)9-12-22/h5-12,17,19H,3-4,13-16,18H2,1-2H3,(H,43,44). The lowest BCUT2D eigenvalue weighted by atomic mass is 10.1. The van der Waals surface area contributed by atoms with Gasteiger partial charge in [0.1, 0.15) is 22.6 Å². The van der Waals surface area contributed by atoms with Crippen LogP contribution in [0.15, 0.2) is 77.2 Å². The summed E-state index contributed by atoms with van der Waals surface area (Å²) in [5.74, 6) is -3.69. The summed E-state index contributed by atoms with van der Waals surface area (Å²) >= 11 is 5.24. The average Bonchev–Trinajstić information content (AvgIpc) is 3.21. The molecule has 0 amide bonds. The van der Waals surface area contributed by atoms with Crippen molar-refractivity contribution in [1.82, 2.24) is 14.4 Å². The predicted molar refractivity (Wildman–Crippen MR) is 165 cm³/mol. The zero-order chi connectivity index (χ0) is 32.5. The predicted octanol–water partition coefficient (Wildman–Crippen LogP) is 6.27. The third kappa shape index (κ3) is 7.02. The number of aromatic nitrogens is 1. The number of carboxylic acids is 1. The number of anilines is 1. The Morgan fingerprint density at radius 2 is 1.73 bits per heavy atom. The number of allylic oxidation sites excluding steroid dienone is 5. The number of hydrogen-bond donors (Lipinski definition) is 1. The van der Waals surface area contributed by atoms with Crippen LogP contribution in [-0.4, -0.2) is 70.8 Å². The second kappa shape index (κ2) is 13.0. The van der Waals surface area contributed by atoms with Crippen molar-refractivity contribution in [1.29, 1.82) is 0 Å². The maximum atomic E-state index is 15.9. The summed E-state index contributed by atoms with van der Waals surface area (Å²) in [5.41, 5.74) is -4.65. The highest BCUT2D eigenvalue weighted by Crippen LogP contribution is 2.43. The number of hydrogen-bond acceptors (Lipinski definition) is 6. The number of carboxylic acid groups (broad SMARTS) is 1. The van der Waals surface area contributed by atoms with E-state index in [1.165, 1.54) is 21.6 Å². The van der Waals surface area contributed by atoms with Gasteiger partial charge >= 0.3 is 11.5 Å². The first-order valence-electron chi connectivity index (χ1n) is 14.3. The van der Waals surface area contributed by atoms with Crippen molar-refractivity contribution < 1.29 is 32.2 Å². The Morgan fingerprint density at radius 3 is 2.36 bits per heavy atom. The largest absolute Gasteiger partial charge is 0.487 e. The molecule has 2 aromatic carbocycles. The minimum atomic E-state index is -4.30. The third-order valence-electron chi connectivity index (χ3n) is 7.84. The van der Waals surface area contributed by atoms with Crippen molar-refractivity contribution in [3.05, 3.63) is 99.5 Å². The zero-order valence-corrected chi connectivity index (χ0v) is 25.3. The van der Waals surface area contributed by atoms with Gasteiger partial charge in [-0.1, -0.05) is 25.1 Å². The van der Waals surface area contributed by atoms with Crippen molar-refractivity contribution >= 4 is 34.2 Å². The van der Waals surface area contributed by atoms with E-state index >= 15 is 4.39 Å². The molecule has 0 radical (unpaired) electrons. The molecule has 2 aliphatic rings. The Bertz CT molecular complexity index is 1760. The second-order valence-corrected chi connectivity index (χ2v) is 11.2. The lowest BCUT2D eigenvalue weighted by Gasteiger charge is -2.38. The minimum Gasteiger partial charge on any atom is -0.477 e. The normalized spacial score (nSPS) is 15.7. The van der Waals surface area contributed by atoms with Crippen LogP contribution in [0.5, 0.6) is 5.75 Å². The topological polar surface area (TPSA) is 78.2 Å². The second-order valence-electron chi connectivity index (χ2n) is 10.8. The Kier molecular flexibility index (Phi) is 9.26. The summed E-state index contributed by atoms with van der Waals surface area (Å²) in [6.45, 7) is 4.41. The molecule has 0 unspecified atom stereocenters. The van der Waals surface area contributed by atoms with E-state index in [-0.39, 0.29) is 30.1 Å². The molecule has 0 atom stereocenters. The highest BCUT2D eigenvalue weighted by molar-refractivity contribution is 6.21. The first-order valence-corrected chi connectivity index (χ1v) is 14.7. The molecule has 5 rings (SSSR count). The van der Waals surface area contributed by atoms with E-state index in [0.717, 1.165) is 30.1 Å². The van der Waals surface area contributed by atoms with Crippen LogP contribution in [0.2, 0.25) is 0 Å². The third-order valence-corrected chi connectivity index (χ3v) is 7.92. The monoisotopic (exact) mass is 646 g/mol. The lowest BCUT2D eigenvalue weighted by molar-refractivity contribution is -0.0955. The van der Waals surface area contributed by atoms with E-state index in [4.69, 9.17) is 16.3 Å². The molecule has 2 heterocycles. The molecule has 1 fully saturated rings. The molecule has 0 saturated carbocycles. The SMILES string of the molecule is CCN(C)Cc1ccc(-n2cc(C(=O)O)c(=O)c3cc(F)c(N4CCN(C5=CCC=C(F)C=C5)CC4)c(OC(F)(F)Cl)c32)cc1. The van der Waals surface area contributed by atoms with Gasteiger partial charge in [0.05, 0.1) is 5.39 Å². The first-order chi connectivity index (χ1) is 21.4. The van der Waals surface area contributed by atoms with Gasteiger partial charge in [-0.2, -0.15) is 0 Å².